The molecule has 106 valence electrons. The summed E-state index contributed by atoms with van der Waals surface area (Å²) in [7, 11) is 1.32. The van der Waals surface area contributed by atoms with E-state index in [0.717, 1.165) is 25.7 Å². The molecule has 6 heteroatoms. The number of nitrogens with one attached hydrogen (secondary N) is 1. The summed E-state index contributed by atoms with van der Waals surface area (Å²) in [4.78, 5) is 36.7. The molecule has 1 aliphatic heterocycles. The van der Waals surface area contributed by atoms with E-state index in [0.29, 0.717) is 12.8 Å². The molecule has 1 saturated heterocycles. The fourth-order valence-corrected chi connectivity index (χ4v) is 2.81. The van der Waals surface area contributed by atoms with Gasteiger partial charge in [0.15, 0.2) is 0 Å². The lowest BCUT2D eigenvalue weighted by atomic mass is 10.1. The molecule has 1 heterocycles. The van der Waals surface area contributed by atoms with Gasteiger partial charge in [0, 0.05) is 12.5 Å². The Hall–Kier alpha value is -1.59. The summed E-state index contributed by atoms with van der Waals surface area (Å²) in [6.07, 6.45) is 4.89. The zero-order valence-corrected chi connectivity index (χ0v) is 11.2. The third kappa shape index (κ3) is 3.24. The second-order valence-corrected chi connectivity index (χ2v) is 5.14. The van der Waals surface area contributed by atoms with Crippen molar-refractivity contribution in [1.82, 2.24) is 10.2 Å². The normalized spacial score (nSPS) is 23.2. The van der Waals surface area contributed by atoms with Crippen LogP contribution in [0.25, 0.3) is 0 Å². The van der Waals surface area contributed by atoms with Gasteiger partial charge in [0.05, 0.1) is 7.11 Å². The highest BCUT2D eigenvalue weighted by atomic mass is 16.5. The van der Waals surface area contributed by atoms with Crippen molar-refractivity contribution in [2.45, 2.75) is 50.6 Å². The minimum atomic E-state index is -0.474. The standard InChI is InChI=1S/C13H20N2O4/c1-19-12(17)8-15(9-4-2-3-5-9)13(18)10-6-7-11(16)14-10/h9-10H,2-8H2,1H3,(H,14,16). The molecule has 6 nitrogen and oxygen atoms in total. The molecule has 0 aromatic rings. The molecule has 0 aromatic carbocycles. The van der Waals surface area contributed by atoms with E-state index in [9.17, 15) is 14.4 Å². The SMILES string of the molecule is COC(=O)CN(C(=O)C1CCC(=O)N1)C1CCCC1. The molecule has 1 aliphatic carbocycles. The summed E-state index contributed by atoms with van der Waals surface area (Å²) in [5, 5.41) is 2.67. The number of ether oxygens (including phenoxy) is 1. The number of nitrogens with zero attached hydrogens (tertiary/aromatic N) is 1. The average Bonchev–Trinajstić information content (AvgIpc) is 3.05. The topological polar surface area (TPSA) is 75.7 Å². The third-order valence-electron chi connectivity index (χ3n) is 3.87. The van der Waals surface area contributed by atoms with E-state index in [2.05, 4.69) is 10.1 Å². The highest BCUT2D eigenvalue weighted by Gasteiger charge is 2.35. The van der Waals surface area contributed by atoms with E-state index < -0.39 is 12.0 Å². The summed E-state index contributed by atoms with van der Waals surface area (Å²) in [6.45, 7) is -0.0215. The smallest absolute Gasteiger partial charge is 0.325 e. The van der Waals surface area contributed by atoms with E-state index in [1.807, 2.05) is 0 Å². The zero-order valence-electron chi connectivity index (χ0n) is 11.2. The van der Waals surface area contributed by atoms with Gasteiger partial charge in [0.1, 0.15) is 12.6 Å². The van der Waals surface area contributed by atoms with Gasteiger partial charge in [-0.3, -0.25) is 14.4 Å². The Bertz CT molecular complexity index is 377. The number of amides is 2. The Labute approximate surface area is 112 Å². The number of hydrogen-bond acceptors (Lipinski definition) is 4. The fraction of sp³-hybridized carbons (Fsp3) is 0.769. The van der Waals surface area contributed by atoms with Gasteiger partial charge in [-0.15, -0.1) is 0 Å². The molecule has 2 amide bonds. The lowest BCUT2D eigenvalue weighted by Gasteiger charge is -2.30. The van der Waals surface area contributed by atoms with Crippen LogP contribution in [0.1, 0.15) is 38.5 Å². The van der Waals surface area contributed by atoms with Crippen LogP contribution in [0.5, 0.6) is 0 Å². The van der Waals surface area contributed by atoms with Crippen molar-refractivity contribution in [2.24, 2.45) is 0 Å². The van der Waals surface area contributed by atoms with Gasteiger partial charge in [0.2, 0.25) is 11.8 Å². The van der Waals surface area contributed by atoms with Crippen LogP contribution in [-0.2, 0) is 19.1 Å². The van der Waals surface area contributed by atoms with Crippen molar-refractivity contribution < 1.29 is 19.1 Å². The van der Waals surface area contributed by atoms with Gasteiger partial charge < -0.3 is 15.0 Å². The summed E-state index contributed by atoms with van der Waals surface area (Å²) in [5.74, 6) is -0.657. The van der Waals surface area contributed by atoms with Crippen LogP contribution >= 0.6 is 0 Å². The van der Waals surface area contributed by atoms with Gasteiger partial charge in [0.25, 0.3) is 0 Å². The molecule has 1 atom stereocenters. The Kier molecular flexibility index (Phi) is 4.39. The molecule has 2 rings (SSSR count). The molecule has 1 N–H and O–H groups in total. The molecule has 0 radical (unpaired) electrons. The second kappa shape index (κ2) is 6.04. The molecule has 2 aliphatic rings. The molecule has 19 heavy (non-hydrogen) atoms. The van der Waals surface area contributed by atoms with Crippen LogP contribution in [0.2, 0.25) is 0 Å². The van der Waals surface area contributed by atoms with Gasteiger partial charge in [-0.25, -0.2) is 0 Å². The second-order valence-electron chi connectivity index (χ2n) is 5.14. The number of methoxy groups -OCH3 is 1. The first-order valence-electron chi connectivity index (χ1n) is 6.78. The summed E-state index contributed by atoms with van der Waals surface area (Å²) < 4.78 is 4.65. The largest absolute Gasteiger partial charge is 0.468 e. The lowest BCUT2D eigenvalue weighted by molar-refractivity contribution is -0.149. The first-order chi connectivity index (χ1) is 9.11. The van der Waals surface area contributed by atoms with E-state index in [-0.39, 0.29) is 24.4 Å². The highest BCUT2D eigenvalue weighted by Crippen LogP contribution is 2.25. The number of hydrogen-bond donors (Lipinski definition) is 1. The molecule has 0 spiro atoms. The van der Waals surface area contributed by atoms with Gasteiger partial charge in [-0.05, 0) is 19.3 Å². The van der Waals surface area contributed by atoms with Gasteiger partial charge >= 0.3 is 5.97 Å². The maximum atomic E-state index is 12.4. The van der Waals surface area contributed by atoms with Crippen LogP contribution in [-0.4, -0.2) is 48.4 Å². The average molecular weight is 268 g/mol. The lowest BCUT2D eigenvalue weighted by Crippen LogP contribution is -2.50. The number of carbonyl (C=O) groups is 3. The zero-order chi connectivity index (χ0) is 13.8. The summed E-state index contributed by atoms with van der Waals surface area (Å²) >= 11 is 0. The summed E-state index contributed by atoms with van der Waals surface area (Å²) in [6, 6.07) is -0.373. The first-order valence-corrected chi connectivity index (χ1v) is 6.78. The number of esters is 1. The minimum Gasteiger partial charge on any atom is -0.468 e. The fourth-order valence-electron chi connectivity index (χ4n) is 2.81. The predicted molar refractivity (Wildman–Crippen MR) is 67.1 cm³/mol. The number of carbonyl (C=O) groups excluding carboxylic acids is 3. The number of rotatable bonds is 4. The molecule has 1 unspecified atom stereocenters. The predicted octanol–water partition coefficient (Wildman–Crippen LogP) is 0.209. The molecule has 1 saturated carbocycles. The Morgan fingerprint density at radius 3 is 2.53 bits per heavy atom. The van der Waals surface area contributed by atoms with E-state index >= 15 is 0 Å². The third-order valence-corrected chi connectivity index (χ3v) is 3.87. The van der Waals surface area contributed by atoms with Crippen LogP contribution in [0.15, 0.2) is 0 Å². The molecule has 0 bridgehead atoms. The van der Waals surface area contributed by atoms with E-state index in [1.165, 1.54) is 7.11 Å². The van der Waals surface area contributed by atoms with Crippen molar-refractivity contribution in [3.8, 4) is 0 Å². The molecular weight excluding hydrogens is 248 g/mol. The van der Waals surface area contributed by atoms with Crippen LogP contribution in [0.3, 0.4) is 0 Å². The monoisotopic (exact) mass is 268 g/mol. The van der Waals surface area contributed by atoms with E-state index in [1.54, 1.807) is 4.90 Å². The Balaban J connectivity index is 2.04. The van der Waals surface area contributed by atoms with Crippen molar-refractivity contribution in [3.63, 3.8) is 0 Å². The Morgan fingerprint density at radius 1 is 1.32 bits per heavy atom. The maximum absolute atomic E-state index is 12.4. The minimum absolute atomic E-state index is 0.0215. The molecular formula is C13H20N2O4. The van der Waals surface area contributed by atoms with Crippen LogP contribution in [0.4, 0.5) is 0 Å². The van der Waals surface area contributed by atoms with Gasteiger partial charge in [-0.1, -0.05) is 12.8 Å². The van der Waals surface area contributed by atoms with E-state index in [4.69, 9.17) is 0 Å². The van der Waals surface area contributed by atoms with Gasteiger partial charge in [-0.2, -0.15) is 0 Å². The molecule has 2 fully saturated rings. The van der Waals surface area contributed by atoms with Crippen molar-refractivity contribution in [1.29, 1.82) is 0 Å². The van der Waals surface area contributed by atoms with Crippen molar-refractivity contribution in [2.75, 3.05) is 13.7 Å². The highest BCUT2D eigenvalue weighted by molar-refractivity contribution is 5.92. The summed E-state index contributed by atoms with van der Waals surface area (Å²) in [5.41, 5.74) is 0. The maximum Gasteiger partial charge on any atom is 0.325 e. The van der Waals surface area contributed by atoms with Crippen LogP contribution in [0, 0.1) is 0 Å². The van der Waals surface area contributed by atoms with Crippen molar-refractivity contribution in [3.05, 3.63) is 0 Å². The van der Waals surface area contributed by atoms with Crippen LogP contribution < -0.4 is 5.32 Å². The molecule has 0 aromatic heterocycles. The first kappa shape index (κ1) is 13.8. The quantitative estimate of drug-likeness (QED) is 0.739. The Morgan fingerprint density at radius 2 is 2.00 bits per heavy atom. The van der Waals surface area contributed by atoms with Crippen molar-refractivity contribution >= 4 is 17.8 Å².